The second-order valence-corrected chi connectivity index (χ2v) is 3.39. The predicted molar refractivity (Wildman–Crippen MR) is 54.3 cm³/mol. The van der Waals surface area contributed by atoms with Gasteiger partial charge in [0.15, 0.2) is 0 Å². The van der Waals surface area contributed by atoms with Crippen molar-refractivity contribution in [1.82, 2.24) is 0 Å². The van der Waals surface area contributed by atoms with E-state index in [2.05, 4.69) is 0 Å². The van der Waals surface area contributed by atoms with Gasteiger partial charge < -0.3 is 14.9 Å². The van der Waals surface area contributed by atoms with Crippen LogP contribution in [0.15, 0.2) is 24.3 Å². The van der Waals surface area contributed by atoms with Crippen molar-refractivity contribution in [2.45, 2.75) is 19.4 Å². The van der Waals surface area contributed by atoms with E-state index in [0.29, 0.717) is 12.2 Å². The van der Waals surface area contributed by atoms with Crippen LogP contribution >= 0.6 is 0 Å². The van der Waals surface area contributed by atoms with Gasteiger partial charge in [0.1, 0.15) is 11.4 Å². The Morgan fingerprint density at radius 2 is 1.86 bits per heavy atom. The molecule has 14 heavy (non-hydrogen) atoms. The van der Waals surface area contributed by atoms with Gasteiger partial charge in [-0.05, 0) is 31.5 Å². The van der Waals surface area contributed by atoms with Crippen LogP contribution in [0.4, 0.5) is 0 Å². The van der Waals surface area contributed by atoms with Crippen LogP contribution in [0.1, 0.15) is 19.4 Å². The fourth-order valence-corrected chi connectivity index (χ4v) is 1.17. The minimum Gasteiger partial charge on any atom is -0.494 e. The zero-order valence-electron chi connectivity index (χ0n) is 8.53. The van der Waals surface area contributed by atoms with Crippen molar-refractivity contribution < 1.29 is 14.9 Å². The van der Waals surface area contributed by atoms with Crippen molar-refractivity contribution in [2.75, 3.05) is 13.2 Å². The first kappa shape index (κ1) is 11.0. The molecule has 1 unspecified atom stereocenters. The van der Waals surface area contributed by atoms with Crippen LogP contribution in [-0.2, 0) is 5.60 Å². The summed E-state index contributed by atoms with van der Waals surface area (Å²) in [6, 6.07) is 7.06. The average molecular weight is 196 g/mol. The van der Waals surface area contributed by atoms with Crippen molar-refractivity contribution in [2.24, 2.45) is 0 Å². The zero-order valence-corrected chi connectivity index (χ0v) is 8.53. The Hall–Kier alpha value is -1.06. The second kappa shape index (κ2) is 4.44. The molecule has 1 atom stereocenters. The van der Waals surface area contributed by atoms with Crippen LogP contribution in [-0.4, -0.2) is 23.4 Å². The lowest BCUT2D eigenvalue weighted by Crippen LogP contribution is -2.25. The Labute approximate surface area is 84.0 Å². The molecule has 0 saturated heterocycles. The molecule has 0 saturated carbocycles. The SMILES string of the molecule is CCOc1ccc(C(C)(O)CO)cc1. The first-order valence-corrected chi connectivity index (χ1v) is 4.66. The van der Waals surface area contributed by atoms with Crippen LogP contribution in [0.5, 0.6) is 5.75 Å². The van der Waals surface area contributed by atoms with Crippen LogP contribution in [0.25, 0.3) is 0 Å². The zero-order chi connectivity index (χ0) is 10.6. The third-order valence-electron chi connectivity index (χ3n) is 2.10. The smallest absolute Gasteiger partial charge is 0.119 e. The maximum absolute atomic E-state index is 9.72. The molecule has 0 bridgehead atoms. The minimum atomic E-state index is -1.18. The summed E-state index contributed by atoms with van der Waals surface area (Å²) in [5, 5.41) is 18.7. The molecule has 3 heteroatoms. The van der Waals surface area contributed by atoms with E-state index in [-0.39, 0.29) is 6.61 Å². The fourth-order valence-electron chi connectivity index (χ4n) is 1.17. The molecule has 0 radical (unpaired) electrons. The van der Waals surface area contributed by atoms with E-state index in [0.717, 1.165) is 5.75 Å². The van der Waals surface area contributed by atoms with Gasteiger partial charge in [-0.1, -0.05) is 12.1 Å². The highest BCUT2D eigenvalue weighted by atomic mass is 16.5. The summed E-state index contributed by atoms with van der Waals surface area (Å²) >= 11 is 0. The standard InChI is InChI=1S/C11H16O3/c1-3-14-10-6-4-9(5-7-10)11(2,13)8-12/h4-7,12-13H,3,8H2,1-2H3. The van der Waals surface area contributed by atoms with E-state index < -0.39 is 5.60 Å². The first-order chi connectivity index (χ1) is 6.60. The number of aliphatic hydroxyl groups excluding tert-OH is 1. The molecule has 78 valence electrons. The van der Waals surface area contributed by atoms with Crippen molar-refractivity contribution >= 4 is 0 Å². The highest BCUT2D eigenvalue weighted by molar-refractivity contribution is 5.30. The van der Waals surface area contributed by atoms with Gasteiger partial charge in [-0.3, -0.25) is 0 Å². The molecule has 1 aromatic carbocycles. The molecule has 0 spiro atoms. The molecule has 1 aromatic rings. The maximum atomic E-state index is 9.72. The number of rotatable bonds is 4. The number of benzene rings is 1. The summed E-state index contributed by atoms with van der Waals surface area (Å²) in [6.45, 7) is 3.82. The third-order valence-corrected chi connectivity index (χ3v) is 2.10. The quantitative estimate of drug-likeness (QED) is 0.762. The molecule has 1 rings (SSSR count). The second-order valence-electron chi connectivity index (χ2n) is 3.39. The van der Waals surface area contributed by atoms with Gasteiger partial charge in [0.2, 0.25) is 0 Å². The molecule has 0 fully saturated rings. The van der Waals surface area contributed by atoms with Crippen molar-refractivity contribution in [3.05, 3.63) is 29.8 Å². The molecule has 2 N–H and O–H groups in total. The molecule has 0 heterocycles. The maximum Gasteiger partial charge on any atom is 0.119 e. The van der Waals surface area contributed by atoms with Crippen molar-refractivity contribution in [3.63, 3.8) is 0 Å². The molecule has 0 aliphatic rings. The van der Waals surface area contributed by atoms with Crippen LogP contribution in [0.3, 0.4) is 0 Å². The highest BCUT2D eigenvalue weighted by Crippen LogP contribution is 2.22. The Morgan fingerprint density at radius 1 is 1.29 bits per heavy atom. The lowest BCUT2D eigenvalue weighted by molar-refractivity contribution is -0.00231. The average Bonchev–Trinajstić information content (AvgIpc) is 2.19. The van der Waals surface area contributed by atoms with Crippen molar-refractivity contribution in [3.8, 4) is 5.75 Å². The minimum absolute atomic E-state index is 0.291. The number of ether oxygens (including phenoxy) is 1. The Balaban J connectivity index is 2.82. The Morgan fingerprint density at radius 3 is 2.29 bits per heavy atom. The fraction of sp³-hybridized carbons (Fsp3) is 0.455. The van der Waals surface area contributed by atoms with E-state index in [1.54, 1.807) is 31.2 Å². The molecule has 0 aromatic heterocycles. The number of aliphatic hydroxyl groups is 2. The summed E-state index contributed by atoms with van der Waals surface area (Å²) in [4.78, 5) is 0. The Kier molecular flexibility index (Phi) is 3.49. The van der Waals surface area contributed by atoms with Gasteiger partial charge in [-0.25, -0.2) is 0 Å². The molecule has 0 amide bonds. The topological polar surface area (TPSA) is 49.7 Å². The summed E-state index contributed by atoms with van der Waals surface area (Å²) < 4.78 is 5.26. The van der Waals surface area contributed by atoms with Gasteiger partial charge in [-0.2, -0.15) is 0 Å². The van der Waals surface area contributed by atoms with Gasteiger partial charge in [-0.15, -0.1) is 0 Å². The van der Waals surface area contributed by atoms with E-state index in [4.69, 9.17) is 9.84 Å². The lowest BCUT2D eigenvalue weighted by atomic mass is 9.97. The molecule has 0 aliphatic carbocycles. The van der Waals surface area contributed by atoms with Crippen LogP contribution < -0.4 is 4.74 Å². The van der Waals surface area contributed by atoms with E-state index in [1.165, 1.54) is 0 Å². The summed E-state index contributed by atoms with van der Waals surface area (Å²) in [6.07, 6.45) is 0. The largest absolute Gasteiger partial charge is 0.494 e. The van der Waals surface area contributed by atoms with Crippen molar-refractivity contribution in [1.29, 1.82) is 0 Å². The third kappa shape index (κ3) is 2.47. The Bertz CT molecular complexity index is 277. The highest BCUT2D eigenvalue weighted by Gasteiger charge is 2.21. The number of hydrogen-bond acceptors (Lipinski definition) is 3. The lowest BCUT2D eigenvalue weighted by Gasteiger charge is -2.20. The van der Waals surface area contributed by atoms with Crippen LogP contribution in [0, 0.1) is 0 Å². The van der Waals surface area contributed by atoms with Gasteiger partial charge >= 0.3 is 0 Å². The summed E-state index contributed by atoms with van der Waals surface area (Å²) in [5.74, 6) is 0.769. The molecule has 3 nitrogen and oxygen atoms in total. The molecular formula is C11H16O3. The molecule has 0 aliphatic heterocycles. The number of hydrogen-bond donors (Lipinski definition) is 2. The predicted octanol–water partition coefficient (Wildman–Crippen LogP) is 1.29. The van der Waals surface area contributed by atoms with Crippen LogP contribution in [0.2, 0.25) is 0 Å². The molecular weight excluding hydrogens is 180 g/mol. The van der Waals surface area contributed by atoms with E-state index in [9.17, 15) is 5.11 Å². The van der Waals surface area contributed by atoms with Gasteiger partial charge in [0, 0.05) is 0 Å². The van der Waals surface area contributed by atoms with E-state index >= 15 is 0 Å². The monoisotopic (exact) mass is 196 g/mol. The normalized spacial score (nSPS) is 14.9. The summed E-state index contributed by atoms with van der Waals surface area (Å²) in [7, 11) is 0. The van der Waals surface area contributed by atoms with Gasteiger partial charge in [0.25, 0.3) is 0 Å². The first-order valence-electron chi connectivity index (χ1n) is 4.66. The summed E-state index contributed by atoms with van der Waals surface area (Å²) in [5.41, 5.74) is -0.492. The van der Waals surface area contributed by atoms with E-state index in [1.807, 2.05) is 6.92 Å². The van der Waals surface area contributed by atoms with Gasteiger partial charge in [0.05, 0.1) is 13.2 Å².